The lowest BCUT2D eigenvalue weighted by Gasteiger charge is -2.34. The van der Waals surface area contributed by atoms with Crippen molar-refractivity contribution in [2.45, 2.75) is 50.7 Å². The number of fused-ring (bicyclic) bond motifs is 1. The lowest BCUT2D eigenvalue weighted by atomic mass is 9.99. The van der Waals surface area contributed by atoms with Crippen molar-refractivity contribution in [1.82, 2.24) is 8.71 Å². The molecule has 34 heavy (non-hydrogen) atoms. The standard InChI is InChI=1S/C25H28N2O6S/c1-16-14-26(15-17(2)33-16)34(31,32)20-8-6-7-19(13-20)25(30)24-18(3)21(10-11-23(28)29)27-12-5-4-9-22(24)27/h4-9,12-13,16-17H,10-11,14-15H2,1-3H3,(H,28,29)/t16-,17-/m0/s1. The number of carboxylic acids is 1. The Bertz CT molecular complexity index is 1350. The van der Waals surface area contributed by atoms with Crippen LogP contribution in [0.25, 0.3) is 5.52 Å². The monoisotopic (exact) mass is 484 g/mol. The predicted molar refractivity (Wildman–Crippen MR) is 127 cm³/mol. The van der Waals surface area contributed by atoms with E-state index in [0.29, 0.717) is 16.6 Å². The Morgan fingerprint density at radius 3 is 2.47 bits per heavy atom. The van der Waals surface area contributed by atoms with Gasteiger partial charge in [-0.3, -0.25) is 9.59 Å². The Kier molecular flexibility index (Phi) is 6.62. The van der Waals surface area contributed by atoms with Gasteiger partial charge in [-0.2, -0.15) is 4.31 Å². The SMILES string of the molecule is Cc1c(C(=O)c2cccc(S(=O)(=O)N3C[C@H](C)O[C@@H](C)C3)c2)c2ccccn2c1CCC(=O)O. The number of morpholine rings is 1. The second kappa shape index (κ2) is 9.32. The van der Waals surface area contributed by atoms with Gasteiger partial charge in [0.1, 0.15) is 0 Å². The van der Waals surface area contributed by atoms with Gasteiger partial charge in [-0.05, 0) is 57.0 Å². The molecule has 1 aliphatic heterocycles. The number of carbonyl (C=O) groups is 2. The Morgan fingerprint density at radius 2 is 1.79 bits per heavy atom. The van der Waals surface area contributed by atoms with Crippen molar-refractivity contribution in [2.75, 3.05) is 13.1 Å². The highest BCUT2D eigenvalue weighted by Gasteiger charge is 2.33. The van der Waals surface area contributed by atoms with Crippen LogP contribution in [0.4, 0.5) is 0 Å². The fraction of sp³-hybridized carbons (Fsp3) is 0.360. The summed E-state index contributed by atoms with van der Waals surface area (Å²) in [7, 11) is -3.80. The number of benzene rings is 1. The fourth-order valence-electron chi connectivity index (χ4n) is 4.64. The predicted octanol–water partition coefficient (Wildman–Crippen LogP) is 3.29. The van der Waals surface area contributed by atoms with Gasteiger partial charge >= 0.3 is 5.97 Å². The van der Waals surface area contributed by atoms with Crippen molar-refractivity contribution in [2.24, 2.45) is 0 Å². The quantitative estimate of drug-likeness (QED) is 0.516. The molecule has 0 unspecified atom stereocenters. The van der Waals surface area contributed by atoms with E-state index in [-0.39, 0.29) is 54.4 Å². The first-order valence-electron chi connectivity index (χ1n) is 11.2. The second-order valence-corrected chi connectivity index (χ2v) is 10.7. The molecule has 2 atom stereocenters. The summed E-state index contributed by atoms with van der Waals surface area (Å²) in [6.07, 6.45) is 1.59. The van der Waals surface area contributed by atoms with E-state index in [1.165, 1.54) is 16.4 Å². The highest BCUT2D eigenvalue weighted by molar-refractivity contribution is 7.89. The van der Waals surface area contributed by atoms with Gasteiger partial charge in [-0.1, -0.05) is 18.2 Å². The van der Waals surface area contributed by atoms with E-state index in [4.69, 9.17) is 9.84 Å². The number of carboxylic acid groups (broad SMARTS) is 1. The van der Waals surface area contributed by atoms with Crippen LogP contribution in [0.3, 0.4) is 0 Å². The molecule has 8 nitrogen and oxygen atoms in total. The Labute approximate surface area is 198 Å². The molecule has 0 amide bonds. The molecule has 0 bridgehead atoms. The maximum absolute atomic E-state index is 13.6. The van der Waals surface area contributed by atoms with Gasteiger partial charge in [0.2, 0.25) is 10.0 Å². The summed E-state index contributed by atoms with van der Waals surface area (Å²) in [6, 6.07) is 11.5. The first-order chi connectivity index (χ1) is 16.1. The van der Waals surface area contributed by atoms with E-state index >= 15 is 0 Å². The van der Waals surface area contributed by atoms with Crippen molar-refractivity contribution in [3.8, 4) is 0 Å². The first-order valence-corrected chi connectivity index (χ1v) is 12.6. The Hall–Kier alpha value is -3.01. The van der Waals surface area contributed by atoms with Crippen molar-refractivity contribution < 1.29 is 27.9 Å². The van der Waals surface area contributed by atoms with Crippen molar-refractivity contribution in [3.05, 3.63) is 71.0 Å². The number of pyridine rings is 1. The zero-order valence-corrected chi connectivity index (χ0v) is 20.2. The summed E-state index contributed by atoms with van der Waals surface area (Å²) in [6.45, 7) is 5.97. The third kappa shape index (κ3) is 4.51. The summed E-state index contributed by atoms with van der Waals surface area (Å²) in [5, 5.41) is 9.13. The molecular formula is C25H28N2O6S. The molecule has 4 rings (SSSR count). The number of carbonyl (C=O) groups excluding carboxylic acids is 1. The van der Waals surface area contributed by atoms with Crippen LogP contribution in [0, 0.1) is 6.92 Å². The van der Waals surface area contributed by atoms with Gasteiger partial charge in [0.05, 0.1) is 34.6 Å². The smallest absolute Gasteiger partial charge is 0.303 e. The minimum Gasteiger partial charge on any atom is -0.481 e. The number of hydrogen-bond acceptors (Lipinski definition) is 5. The zero-order valence-electron chi connectivity index (χ0n) is 19.4. The van der Waals surface area contributed by atoms with Gasteiger partial charge in [0.25, 0.3) is 0 Å². The minimum atomic E-state index is -3.80. The van der Waals surface area contributed by atoms with Crippen LogP contribution in [0.15, 0.2) is 53.6 Å². The Balaban J connectivity index is 1.73. The van der Waals surface area contributed by atoms with Crippen LogP contribution in [-0.4, -0.2) is 59.3 Å². The van der Waals surface area contributed by atoms with E-state index in [0.717, 1.165) is 5.69 Å². The number of sulfonamides is 1. The van der Waals surface area contributed by atoms with Crippen molar-refractivity contribution >= 4 is 27.3 Å². The number of aliphatic carboxylic acids is 1. The number of aryl methyl sites for hydroxylation is 1. The molecule has 2 aromatic heterocycles. The van der Waals surface area contributed by atoms with Crippen molar-refractivity contribution in [3.63, 3.8) is 0 Å². The van der Waals surface area contributed by atoms with E-state index in [1.54, 1.807) is 25.3 Å². The molecule has 1 N–H and O–H groups in total. The molecule has 1 aromatic carbocycles. The first kappa shape index (κ1) is 24.1. The molecule has 1 saturated heterocycles. The molecule has 180 valence electrons. The zero-order chi connectivity index (χ0) is 24.6. The molecule has 0 aliphatic carbocycles. The van der Waals surface area contributed by atoms with E-state index in [9.17, 15) is 18.0 Å². The van der Waals surface area contributed by atoms with Gasteiger partial charge in [0, 0.05) is 30.5 Å². The number of hydrogen-bond donors (Lipinski definition) is 1. The molecular weight excluding hydrogens is 456 g/mol. The average molecular weight is 485 g/mol. The lowest BCUT2D eigenvalue weighted by molar-refractivity contribution is -0.136. The van der Waals surface area contributed by atoms with Gasteiger partial charge in [-0.15, -0.1) is 0 Å². The van der Waals surface area contributed by atoms with E-state index < -0.39 is 16.0 Å². The largest absolute Gasteiger partial charge is 0.481 e. The van der Waals surface area contributed by atoms with Crippen LogP contribution >= 0.6 is 0 Å². The van der Waals surface area contributed by atoms with Crippen LogP contribution in [0.2, 0.25) is 0 Å². The van der Waals surface area contributed by atoms with Crippen molar-refractivity contribution in [1.29, 1.82) is 0 Å². The van der Waals surface area contributed by atoms with Crippen LogP contribution in [0.5, 0.6) is 0 Å². The number of ketones is 1. The summed E-state index contributed by atoms with van der Waals surface area (Å²) < 4.78 is 35.5. The average Bonchev–Trinajstić information content (AvgIpc) is 3.07. The highest BCUT2D eigenvalue weighted by atomic mass is 32.2. The highest BCUT2D eigenvalue weighted by Crippen LogP contribution is 2.28. The molecule has 0 saturated carbocycles. The van der Waals surface area contributed by atoms with Crippen LogP contribution < -0.4 is 0 Å². The molecule has 3 heterocycles. The topological polar surface area (TPSA) is 105 Å². The third-order valence-electron chi connectivity index (χ3n) is 6.14. The molecule has 0 radical (unpaired) electrons. The molecule has 9 heteroatoms. The maximum atomic E-state index is 13.6. The minimum absolute atomic E-state index is 0.0560. The second-order valence-electron chi connectivity index (χ2n) is 8.73. The summed E-state index contributed by atoms with van der Waals surface area (Å²) in [5.74, 6) is -1.22. The fourth-order valence-corrected chi connectivity index (χ4v) is 6.27. The van der Waals surface area contributed by atoms with E-state index in [2.05, 4.69) is 0 Å². The number of rotatable bonds is 7. The molecule has 0 spiro atoms. The van der Waals surface area contributed by atoms with Crippen LogP contribution in [0.1, 0.15) is 47.4 Å². The van der Waals surface area contributed by atoms with Crippen LogP contribution in [-0.2, 0) is 26.0 Å². The Morgan fingerprint density at radius 1 is 1.09 bits per heavy atom. The van der Waals surface area contributed by atoms with Gasteiger partial charge < -0.3 is 14.2 Å². The molecule has 1 fully saturated rings. The summed E-state index contributed by atoms with van der Waals surface area (Å²) in [5.41, 5.74) is 2.82. The lowest BCUT2D eigenvalue weighted by Crippen LogP contribution is -2.48. The summed E-state index contributed by atoms with van der Waals surface area (Å²) >= 11 is 0. The van der Waals surface area contributed by atoms with Gasteiger partial charge in [0.15, 0.2) is 5.78 Å². The normalized spacial score (nSPS) is 19.4. The third-order valence-corrected chi connectivity index (χ3v) is 7.97. The maximum Gasteiger partial charge on any atom is 0.303 e. The number of aromatic nitrogens is 1. The van der Waals surface area contributed by atoms with E-state index in [1.807, 2.05) is 36.4 Å². The summed E-state index contributed by atoms with van der Waals surface area (Å²) in [4.78, 5) is 24.8. The number of nitrogens with zero attached hydrogens (tertiary/aromatic N) is 2. The van der Waals surface area contributed by atoms with Gasteiger partial charge in [-0.25, -0.2) is 8.42 Å². The molecule has 3 aromatic rings. The number of ether oxygens (including phenoxy) is 1. The molecule has 1 aliphatic rings.